The molecule has 0 aliphatic rings. The van der Waals surface area contributed by atoms with Crippen molar-refractivity contribution < 1.29 is 9.18 Å². The highest BCUT2D eigenvalue weighted by molar-refractivity contribution is 7.80. The Morgan fingerprint density at radius 3 is 2.62 bits per heavy atom. The van der Waals surface area contributed by atoms with Gasteiger partial charge >= 0.3 is 0 Å². The molecule has 0 unspecified atom stereocenters. The Morgan fingerprint density at radius 1 is 1.17 bits per heavy atom. The molecule has 2 aromatic rings. The molecule has 1 amide bonds. The monoisotopic (exact) mass is 345 g/mol. The number of benzene rings is 2. The number of aryl methyl sites for hydroxylation is 2. The SMILES string of the molecule is CCc1ccccc1NC(=O)CNC(=S)Nc1ccc(C)c(F)c1. The van der Waals surface area contributed by atoms with E-state index < -0.39 is 0 Å². The lowest BCUT2D eigenvalue weighted by Gasteiger charge is -2.12. The van der Waals surface area contributed by atoms with E-state index in [-0.39, 0.29) is 23.4 Å². The standard InChI is InChI=1S/C18H20FN3OS/c1-3-13-6-4-5-7-16(13)22-17(23)11-20-18(24)21-14-9-8-12(2)15(19)10-14/h4-10H,3,11H2,1-2H3,(H,22,23)(H2,20,21,24). The van der Waals surface area contributed by atoms with Crippen molar-refractivity contribution in [1.29, 1.82) is 0 Å². The third-order valence-corrected chi connectivity index (χ3v) is 3.76. The first-order chi connectivity index (χ1) is 11.5. The zero-order valence-electron chi connectivity index (χ0n) is 13.7. The van der Waals surface area contributed by atoms with Crippen molar-refractivity contribution in [2.24, 2.45) is 0 Å². The molecule has 4 nitrogen and oxygen atoms in total. The molecule has 0 saturated carbocycles. The molecular weight excluding hydrogens is 325 g/mol. The normalized spacial score (nSPS) is 10.1. The van der Waals surface area contributed by atoms with Crippen molar-refractivity contribution in [3.05, 3.63) is 59.4 Å². The summed E-state index contributed by atoms with van der Waals surface area (Å²) in [5, 5.41) is 8.77. The van der Waals surface area contributed by atoms with Crippen LogP contribution in [0.4, 0.5) is 15.8 Å². The fourth-order valence-corrected chi connectivity index (χ4v) is 2.34. The number of para-hydroxylation sites is 1. The van der Waals surface area contributed by atoms with Crippen LogP contribution >= 0.6 is 12.2 Å². The zero-order valence-corrected chi connectivity index (χ0v) is 14.5. The van der Waals surface area contributed by atoms with Crippen molar-refractivity contribution in [1.82, 2.24) is 5.32 Å². The summed E-state index contributed by atoms with van der Waals surface area (Å²) in [6.45, 7) is 3.75. The van der Waals surface area contributed by atoms with Gasteiger partial charge in [-0.3, -0.25) is 4.79 Å². The molecule has 126 valence electrons. The summed E-state index contributed by atoms with van der Waals surface area (Å²) < 4.78 is 13.5. The molecule has 0 heterocycles. The second-order valence-electron chi connectivity index (χ2n) is 5.33. The van der Waals surface area contributed by atoms with Crippen LogP contribution in [0.15, 0.2) is 42.5 Å². The third-order valence-electron chi connectivity index (χ3n) is 3.51. The zero-order chi connectivity index (χ0) is 17.5. The lowest BCUT2D eigenvalue weighted by Crippen LogP contribution is -2.35. The Morgan fingerprint density at radius 2 is 1.92 bits per heavy atom. The van der Waals surface area contributed by atoms with Gasteiger partial charge in [-0.25, -0.2) is 4.39 Å². The first-order valence-electron chi connectivity index (χ1n) is 7.68. The molecule has 0 aliphatic carbocycles. The Bertz CT molecular complexity index is 749. The lowest BCUT2D eigenvalue weighted by molar-refractivity contribution is -0.115. The molecule has 0 spiro atoms. The van der Waals surface area contributed by atoms with Gasteiger partial charge in [0.25, 0.3) is 0 Å². The van der Waals surface area contributed by atoms with Crippen LogP contribution in [0.3, 0.4) is 0 Å². The highest BCUT2D eigenvalue weighted by atomic mass is 32.1. The van der Waals surface area contributed by atoms with Crippen LogP contribution in [-0.4, -0.2) is 17.6 Å². The molecule has 0 fully saturated rings. The lowest BCUT2D eigenvalue weighted by atomic mass is 10.1. The Labute approximate surface area is 146 Å². The Balaban J connectivity index is 1.84. The van der Waals surface area contributed by atoms with Crippen molar-refractivity contribution >= 4 is 34.6 Å². The smallest absolute Gasteiger partial charge is 0.243 e. The highest BCUT2D eigenvalue weighted by Gasteiger charge is 2.07. The van der Waals surface area contributed by atoms with E-state index in [4.69, 9.17) is 12.2 Å². The summed E-state index contributed by atoms with van der Waals surface area (Å²) in [6, 6.07) is 12.4. The van der Waals surface area contributed by atoms with Gasteiger partial charge in [0.15, 0.2) is 5.11 Å². The van der Waals surface area contributed by atoms with Gasteiger partial charge in [-0.05, 0) is 54.9 Å². The predicted octanol–water partition coefficient (Wildman–Crippen LogP) is 3.62. The molecule has 0 aromatic heterocycles. The van der Waals surface area contributed by atoms with Crippen LogP contribution in [-0.2, 0) is 11.2 Å². The highest BCUT2D eigenvalue weighted by Crippen LogP contribution is 2.15. The van der Waals surface area contributed by atoms with E-state index in [2.05, 4.69) is 16.0 Å². The number of nitrogens with one attached hydrogen (secondary N) is 3. The molecule has 0 aliphatic heterocycles. The minimum Gasteiger partial charge on any atom is -0.353 e. The molecule has 2 aromatic carbocycles. The number of thiocarbonyl (C=S) groups is 1. The summed E-state index contributed by atoms with van der Waals surface area (Å²) in [5.74, 6) is -0.508. The van der Waals surface area contributed by atoms with Crippen LogP contribution in [0.25, 0.3) is 0 Å². The van der Waals surface area contributed by atoms with Crippen LogP contribution in [0.2, 0.25) is 0 Å². The molecule has 2 rings (SSSR count). The van der Waals surface area contributed by atoms with Gasteiger partial charge in [-0.1, -0.05) is 31.2 Å². The maximum Gasteiger partial charge on any atom is 0.243 e. The Kier molecular flexibility index (Phi) is 6.26. The fraction of sp³-hybridized carbons (Fsp3) is 0.222. The van der Waals surface area contributed by atoms with Gasteiger partial charge in [0.2, 0.25) is 5.91 Å². The number of rotatable bonds is 5. The van der Waals surface area contributed by atoms with Crippen molar-refractivity contribution in [3.63, 3.8) is 0 Å². The number of carbonyl (C=O) groups is 1. The molecule has 0 radical (unpaired) electrons. The summed E-state index contributed by atoms with van der Waals surface area (Å²) in [7, 11) is 0. The minimum absolute atomic E-state index is 0.0260. The van der Waals surface area contributed by atoms with Gasteiger partial charge in [0, 0.05) is 11.4 Å². The Hall–Kier alpha value is -2.47. The van der Waals surface area contributed by atoms with Crippen LogP contribution in [0.5, 0.6) is 0 Å². The number of carbonyl (C=O) groups excluding carboxylic acids is 1. The fourth-order valence-electron chi connectivity index (χ4n) is 2.15. The molecular formula is C18H20FN3OS. The largest absolute Gasteiger partial charge is 0.353 e. The first kappa shape index (κ1) is 17.9. The maximum atomic E-state index is 13.5. The molecule has 0 bridgehead atoms. The number of hydrogen-bond acceptors (Lipinski definition) is 2. The number of amides is 1. The molecule has 0 atom stereocenters. The van der Waals surface area contributed by atoms with Crippen molar-refractivity contribution in [2.45, 2.75) is 20.3 Å². The van der Waals surface area contributed by atoms with Crippen molar-refractivity contribution in [2.75, 3.05) is 17.2 Å². The van der Waals surface area contributed by atoms with E-state index in [1.165, 1.54) is 6.07 Å². The van der Waals surface area contributed by atoms with E-state index in [0.29, 0.717) is 11.3 Å². The number of halogens is 1. The van der Waals surface area contributed by atoms with Crippen LogP contribution < -0.4 is 16.0 Å². The van der Waals surface area contributed by atoms with Crippen LogP contribution in [0, 0.1) is 12.7 Å². The topological polar surface area (TPSA) is 53.2 Å². The summed E-state index contributed by atoms with van der Waals surface area (Å²) in [4.78, 5) is 12.0. The average Bonchev–Trinajstić information content (AvgIpc) is 2.57. The number of anilines is 2. The van der Waals surface area contributed by atoms with Gasteiger partial charge in [0.05, 0.1) is 6.54 Å². The van der Waals surface area contributed by atoms with E-state index >= 15 is 0 Å². The van der Waals surface area contributed by atoms with E-state index in [9.17, 15) is 9.18 Å². The number of hydrogen-bond donors (Lipinski definition) is 3. The molecule has 24 heavy (non-hydrogen) atoms. The quantitative estimate of drug-likeness (QED) is 0.725. The molecule has 6 heteroatoms. The average molecular weight is 345 g/mol. The predicted molar refractivity (Wildman–Crippen MR) is 99.8 cm³/mol. The summed E-state index contributed by atoms with van der Waals surface area (Å²) >= 11 is 5.12. The maximum absolute atomic E-state index is 13.5. The van der Waals surface area contributed by atoms with Crippen LogP contribution in [0.1, 0.15) is 18.1 Å². The van der Waals surface area contributed by atoms with Gasteiger partial charge in [-0.15, -0.1) is 0 Å². The van der Waals surface area contributed by atoms with E-state index in [1.54, 1.807) is 19.1 Å². The molecule has 0 saturated heterocycles. The minimum atomic E-state index is -0.309. The van der Waals surface area contributed by atoms with E-state index in [0.717, 1.165) is 17.7 Å². The van der Waals surface area contributed by atoms with Gasteiger partial charge in [0.1, 0.15) is 5.82 Å². The second-order valence-corrected chi connectivity index (χ2v) is 5.74. The van der Waals surface area contributed by atoms with Gasteiger partial charge < -0.3 is 16.0 Å². The summed E-state index contributed by atoms with van der Waals surface area (Å²) in [6.07, 6.45) is 0.836. The molecule has 3 N–H and O–H groups in total. The van der Waals surface area contributed by atoms with Gasteiger partial charge in [-0.2, -0.15) is 0 Å². The second kappa shape index (κ2) is 8.40. The van der Waals surface area contributed by atoms with Crippen molar-refractivity contribution in [3.8, 4) is 0 Å². The van der Waals surface area contributed by atoms with E-state index in [1.807, 2.05) is 31.2 Å². The summed E-state index contributed by atoms with van der Waals surface area (Å²) in [5.41, 5.74) is 2.97. The third kappa shape index (κ3) is 5.03. The first-order valence-corrected chi connectivity index (χ1v) is 8.09.